The van der Waals surface area contributed by atoms with Crippen LogP contribution in [-0.4, -0.2) is 42.4 Å². The van der Waals surface area contributed by atoms with E-state index in [0.717, 1.165) is 6.07 Å². The Kier molecular flexibility index (Phi) is 5.28. The van der Waals surface area contributed by atoms with Crippen LogP contribution in [0.5, 0.6) is 0 Å². The third-order valence-corrected chi connectivity index (χ3v) is 3.69. The van der Waals surface area contributed by atoms with Crippen LogP contribution in [0.2, 0.25) is 0 Å². The van der Waals surface area contributed by atoms with E-state index in [0.29, 0.717) is 6.07 Å². The van der Waals surface area contributed by atoms with Crippen molar-refractivity contribution in [3.63, 3.8) is 0 Å². The van der Waals surface area contributed by atoms with Gasteiger partial charge in [-0.15, -0.1) is 0 Å². The quantitative estimate of drug-likeness (QED) is 0.761. The van der Waals surface area contributed by atoms with Crippen LogP contribution in [0.3, 0.4) is 0 Å². The summed E-state index contributed by atoms with van der Waals surface area (Å²) in [6.07, 6.45) is -24.3. The topological polar surface area (TPSA) is 56.5 Å². The highest BCUT2D eigenvalue weighted by Gasteiger charge is 2.56. The van der Waals surface area contributed by atoms with E-state index < -0.39 is 60.3 Å². The van der Waals surface area contributed by atoms with Crippen molar-refractivity contribution < 1.29 is 49.4 Å². The highest BCUT2D eigenvalue weighted by Crippen LogP contribution is 2.40. The number of benzene rings is 1. The maximum absolute atomic E-state index is 13.1. The van der Waals surface area contributed by atoms with Crippen molar-refractivity contribution in [1.82, 2.24) is 0 Å². The number of halogens is 9. The third kappa shape index (κ3) is 4.38. The first-order valence-electron chi connectivity index (χ1n) is 7.01. The lowest BCUT2D eigenvalue weighted by Gasteiger charge is -2.27. The van der Waals surface area contributed by atoms with Gasteiger partial charge in [-0.3, -0.25) is 0 Å². The molecule has 1 N–H and O–H groups in total. The van der Waals surface area contributed by atoms with Crippen molar-refractivity contribution in [3.05, 3.63) is 29.3 Å². The first kappa shape index (κ1) is 21.1. The molecule has 13 heteroatoms. The van der Waals surface area contributed by atoms with E-state index in [2.05, 4.69) is 4.74 Å². The van der Waals surface area contributed by atoms with Crippen LogP contribution in [0.15, 0.2) is 18.2 Å². The van der Waals surface area contributed by atoms with E-state index in [1.165, 1.54) is 6.07 Å². The Bertz CT molecular complexity index is 736. The van der Waals surface area contributed by atoms with Crippen LogP contribution in [0.4, 0.5) is 45.2 Å². The summed E-state index contributed by atoms with van der Waals surface area (Å²) in [5.41, 5.74) is -3.19. The summed E-state index contributed by atoms with van der Waals surface area (Å²) in [6.45, 7) is -1.17. The Balaban J connectivity index is 2.47. The predicted octanol–water partition coefficient (Wildman–Crippen LogP) is 3.59. The molecule has 0 amide bonds. The third-order valence-electron chi connectivity index (χ3n) is 3.69. The highest BCUT2D eigenvalue weighted by molar-refractivity contribution is 5.56. The monoisotopic (exact) mass is 408 g/mol. The molecule has 150 valence electrons. The van der Waals surface area contributed by atoms with Gasteiger partial charge >= 0.3 is 18.5 Å². The standard InChI is InChI=1S/C14H9F9N2O2/c15-12(16,17)8-3-7(2-1-6(8)4-24)25-5-9(10(26)13(18,19)20)27-11(25)14(21,22)23/h1-3,9-11,26H,5H2. The number of aliphatic hydroxyl groups is 1. The maximum atomic E-state index is 13.1. The number of alkyl halides is 9. The molecular formula is C14H9F9N2O2. The number of hydrogen-bond donors (Lipinski definition) is 1. The molecule has 0 saturated carbocycles. The second-order valence-electron chi connectivity index (χ2n) is 5.55. The van der Waals surface area contributed by atoms with Gasteiger partial charge in [0.05, 0.1) is 17.2 Å². The number of nitrogens with zero attached hydrogens (tertiary/aromatic N) is 2. The molecule has 1 saturated heterocycles. The Morgan fingerprint density at radius 3 is 2.15 bits per heavy atom. The van der Waals surface area contributed by atoms with Gasteiger partial charge in [0.2, 0.25) is 6.23 Å². The summed E-state index contributed by atoms with van der Waals surface area (Å²) in [5.74, 6) is 0. The van der Waals surface area contributed by atoms with E-state index >= 15 is 0 Å². The van der Waals surface area contributed by atoms with Gasteiger partial charge in [0.1, 0.15) is 6.10 Å². The molecule has 0 spiro atoms. The zero-order valence-corrected chi connectivity index (χ0v) is 12.8. The molecule has 0 aromatic heterocycles. The van der Waals surface area contributed by atoms with Gasteiger partial charge in [0, 0.05) is 12.2 Å². The fourth-order valence-electron chi connectivity index (χ4n) is 2.49. The fourth-order valence-corrected chi connectivity index (χ4v) is 2.49. The zero-order chi connectivity index (χ0) is 20.8. The summed E-state index contributed by atoms with van der Waals surface area (Å²) in [6, 6.07) is 2.76. The second-order valence-corrected chi connectivity index (χ2v) is 5.55. The van der Waals surface area contributed by atoms with Gasteiger partial charge in [-0.1, -0.05) is 0 Å². The van der Waals surface area contributed by atoms with Gasteiger partial charge in [-0.2, -0.15) is 44.8 Å². The molecule has 3 atom stereocenters. The van der Waals surface area contributed by atoms with Crippen molar-refractivity contribution in [2.24, 2.45) is 0 Å². The van der Waals surface area contributed by atoms with Gasteiger partial charge in [-0.05, 0) is 18.2 Å². The first-order chi connectivity index (χ1) is 12.2. The molecule has 0 bridgehead atoms. The number of nitriles is 1. The largest absolute Gasteiger partial charge is 0.433 e. The normalized spacial score (nSPS) is 22.6. The lowest BCUT2D eigenvalue weighted by molar-refractivity contribution is -0.258. The lowest BCUT2D eigenvalue weighted by atomic mass is 10.1. The summed E-state index contributed by atoms with van der Waals surface area (Å²) < 4.78 is 120. The van der Waals surface area contributed by atoms with E-state index in [4.69, 9.17) is 10.4 Å². The van der Waals surface area contributed by atoms with E-state index in [1.54, 1.807) is 0 Å². The minimum atomic E-state index is -5.29. The summed E-state index contributed by atoms with van der Waals surface area (Å²) in [4.78, 5) is 0.121. The number of ether oxygens (including phenoxy) is 1. The molecule has 1 heterocycles. The molecular weight excluding hydrogens is 399 g/mol. The molecule has 1 aromatic rings. The average molecular weight is 408 g/mol. The van der Waals surface area contributed by atoms with E-state index in [1.807, 2.05) is 0 Å². The molecule has 27 heavy (non-hydrogen) atoms. The molecule has 0 aliphatic carbocycles. The molecule has 1 aromatic carbocycles. The van der Waals surface area contributed by atoms with Gasteiger partial charge in [0.15, 0.2) is 6.10 Å². The number of anilines is 1. The van der Waals surface area contributed by atoms with Gasteiger partial charge in [-0.25, -0.2) is 0 Å². The molecule has 1 aliphatic rings. The Labute approximate surface area is 145 Å². The van der Waals surface area contributed by atoms with Crippen molar-refractivity contribution >= 4 is 5.69 Å². The van der Waals surface area contributed by atoms with Crippen LogP contribution in [-0.2, 0) is 10.9 Å². The van der Waals surface area contributed by atoms with E-state index in [9.17, 15) is 39.5 Å². The molecule has 3 unspecified atom stereocenters. The van der Waals surface area contributed by atoms with Crippen molar-refractivity contribution in [2.45, 2.75) is 37.0 Å². The SMILES string of the molecule is N#Cc1ccc(N2CC(C(O)C(F)(F)F)OC2C(F)(F)F)cc1C(F)(F)F. The minimum absolute atomic E-state index is 0.121. The Morgan fingerprint density at radius 2 is 1.70 bits per heavy atom. The minimum Gasteiger partial charge on any atom is -0.381 e. The molecule has 1 fully saturated rings. The van der Waals surface area contributed by atoms with Crippen LogP contribution < -0.4 is 4.90 Å². The van der Waals surface area contributed by atoms with Gasteiger partial charge < -0.3 is 14.7 Å². The summed E-state index contributed by atoms with van der Waals surface area (Å²) in [7, 11) is 0. The Morgan fingerprint density at radius 1 is 1.11 bits per heavy atom. The summed E-state index contributed by atoms with van der Waals surface area (Å²) >= 11 is 0. The maximum Gasteiger partial charge on any atom is 0.433 e. The van der Waals surface area contributed by atoms with E-state index in [-0.39, 0.29) is 11.0 Å². The van der Waals surface area contributed by atoms with Gasteiger partial charge in [0.25, 0.3) is 0 Å². The number of hydrogen-bond acceptors (Lipinski definition) is 4. The lowest BCUT2D eigenvalue weighted by Crippen LogP contribution is -2.42. The summed E-state index contributed by atoms with van der Waals surface area (Å²) in [5, 5.41) is 17.8. The Hall–Kier alpha value is -2.20. The molecule has 1 aliphatic heterocycles. The van der Waals surface area contributed by atoms with Crippen LogP contribution in [0.25, 0.3) is 0 Å². The van der Waals surface area contributed by atoms with Crippen molar-refractivity contribution in [1.29, 1.82) is 5.26 Å². The number of aliphatic hydroxyl groups excluding tert-OH is 1. The first-order valence-corrected chi connectivity index (χ1v) is 7.01. The smallest absolute Gasteiger partial charge is 0.381 e. The predicted molar refractivity (Wildman–Crippen MR) is 70.3 cm³/mol. The van der Waals surface area contributed by atoms with Crippen LogP contribution in [0, 0.1) is 11.3 Å². The zero-order valence-electron chi connectivity index (χ0n) is 12.8. The highest BCUT2D eigenvalue weighted by atomic mass is 19.4. The van der Waals surface area contributed by atoms with Crippen molar-refractivity contribution in [3.8, 4) is 6.07 Å². The average Bonchev–Trinajstić information content (AvgIpc) is 2.97. The fraction of sp³-hybridized carbons (Fsp3) is 0.500. The van der Waals surface area contributed by atoms with Crippen LogP contribution in [0.1, 0.15) is 11.1 Å². The molecule has 2 rings (SSSR count). The molecule has 4 nitrogen and oxygen atoms in total. The second kappa shape index (κ2) is 6.75. The molecule has 0 radical (unpaired) electrons. The number of rotatable bonds is 2. The van der Waals surface area contributed by atoms with Crippen molar-refractivity contribution in [2.75, 3.05) is 11.4 Å². The van der Waals surface area contributed by atoms with Crippen LogP contribution >= 0.6 is 0 Å².